The van der Waals surface area contributed by atoms with Gasteiger partial charge in [-0.1, -0.05) is 63.7 Å². The van der Waals surface area contributed by atoms with E-state index < -0.39 is 32.8 Å². The lowest BCUT2D eigenvalue weighted by atomic mass is 9.78. The Balaban J connectivity index is 2.56. The van der Waals surface area contributed by atoms with Crippen LogP contribution in [0.25, 0.3) is 0 Å². The Morgan fingerprint density at radius 3 is 1.53 bits per heavy atom. The summed E-state index contributed by atoms with van der Waals surface area (Å²) in [5.41, 5.74) is 0. The molecule has 2 rings (SSSR count). The van der Waals surface area contributed by atoms with Crippen molar-refractivity contribution >= 4 is 75.7 Å². The van der Waals surface area contributed by atoms with Crippen LogP contribution in [0.1, 0.15) is 0 Å². The molecule has 0 aliphatic carbocycles. The van der Waals surface area contributed by atoms with Crippen LogP contribution < -0.4 is 0 Å². The molecule has 0 aromatic heterocycles. The van der Waals surface area contributed by atoms with Crippen LogP contribution in [0.3, 0.4) is 0 Å². The van der Waals surface area contributed by atoms with Crippen LogP contribution in [0, 0.1) is 0 Å². The van der Waals surface area contributed by atoms with E-state index in [9.17, 15) is 9.59 Å². The van der Waals surface area contributed by atoms with Gasteiger partial charge >= 0.3 is 11.9 Å². The van der Waals surface area contributed by atoms with E-state index in [0.717, 1.165) is 0 Å². The number of fused-ring (bicyclic) bond motifs is 2. The Kier molecular flexibility index (Phi) is 4.45. The molecular formula is C10H10Br4O5. The molecule has 19 heavy (non-hydrogen) atoms. The quantitative estimate of drug-likeness (QED) is 0.404. The van der Waals surface area contributed by atoms with Crippen molar-refractivity contribution in [2.24, 2.45) is 0 Å². The molecule has 2 heterocycles. The third kappa shape index (κ3) is 1.84. The Bertz CT molecular complexity index is 394. The van der Waals surface area contributed by atoms with Crippen LogP contribution in [0.4, 0.5) is 0 Å². The molecule has 108 valence electrons. The summed E-state index contributed by atoms with van der Waals surface area (Å²) in [7, 11) is 2.52. The fourth-order valence-corrected chi connectivity index (χ4v) is 6.70. The lowest BCUT2D eigenvalue weighted by molar-refractivity contribution is -0.152. The van der Waals surface area contributed by atoms with Gasteiger partial charge in [-0.25, -0.2) is 0 Å². The zero-order valence-electron chi connectivity index (χ0n) is 9.86. The van der Waals surface area contributed by atoms with E-state index in [1.807, 2.05) is 0 Å². The van der Waals surface area contributed by atoms with Gasteiger partial charge in [0.25, 0.3) is 0 Å². The van der Waals surface area contributed by atoms with Crippen molar-refractivity contribution in [3.8, 4) is 0 Å². The zero-order chi connectivity index (χ0) is 14.6. The van der Waals surface area contributed by atoms with E-state index >= 15 is 0 Å². The van der Waals surface area contributed by atoms with Crippen molar-refractivity contribution in [3.63, 3.8) is 0 Å². The van der Waals surface area contributed by atoms with Crippen LogP contribution in [-0.2, 0) is 23.8 Å². The summed E-state index contributed by atoms with van der Waals surface area (Å²) in [6, 6.07) is 0. The van der Waals surface area contributed by atoms with Crippen LogP contribution >= 0.6 is 63.7 Å². The maximum Gasteiger partial charge on any atom is 0.327 e. The summed E-state index contributed by atoms with van der Waals surface area (Å²) >= 11 is 13.7. The number of halogens is 4. The lowest BCUT2D eigenvalue weighted by Gasteiger charge is -2.42. The molecule has 5 nitrogen and oxygen atoms in total. The molecule has 0 aromatic rings. The summed E-state index contributed by atoms with van der Waals surface area (Å²) in [6.07, 6.45) is -1.15. The first-order valence-electron chi connectivity index (χ1n) is 5.25. The fraction of sp³-hybridized carbons (Fsp3) is 0.800. The van der Waals surface area contributed by atoms with Crippen molar-refractivity contribution in [1.82, 2.24) is 0 Å². The molecule has 2 bridgehead atoms. The van der Waals surface area contributed by atoms with Crippen LogP contribution in [-0.4, -0.2) is 56.7 Å². The SMILES string of the molecule is COC(=O)[C@]1(Br)[C@@H]2O[C@@H]([C@@H](Br)[C@@H]2Br)[C@@]1(Br)C(=O)OC. The van der Waals surface area contributed by atoms with E-state index in [0.29, 0.717) is 0 Å². The first-order chi connectivity index (χ1) is 8.76. The molecule has 0 radical (unpaired) electrons. The third-order valence-corrected chi connectivity index (χ3v) is 9.60. The van der Waals surface area contributed by atoms with Crippen molar-refractivity contribution < 1.29 is 23.8 Å². The average Bonchev–Trinajstić information content (AvgIpc) is 2.83. The number of ether oxygens (including phenoxy) is 3. The van der Waals surface area contributed by atoms with Gasteiger partial charge in [-0.2, -0.15) is 0 Å². The highest BCUT2D eigenvalue weighted by molar-refractivity contribution is 9.14. The van der Waals surface area contributed by atoms with Crippen molar-refractivity contribution in [1.29, 1.82) is 0 Å². The summed E-state index contributed by atoms with van der Waals surface area (Å²) in [5.74, 6) is -1.18. The van der Waals surface area contributed by atoms with E-state index in [-0.39, 0.29) is 9.65 Å². The number of carbonyl (C=O) groups is 2. The largest absolute Gasteiger partial charge is 0.468 e. The Hall–Kier alpha value is 0.820. The van der Waals surface area contributed by atoms with Gasteiger partial charge in [0.1, 0.15) is 0 Å². The zero-order valence-corrected chi connectivity index (χ0v) is 16.2. The Morgan fingerprint density at radius 1 is 0.947 bits per heavy atom. The molecule has 2 saturated heterocycles. The number of methoxy groups -OCH3 is 2. The first-order valence-corrected chi connectivity index (χ1v) is 8.66. The first kappa shape index (κ1) is 16.2. The molecule has 0 unspecified atom stereocenters. The third-order valence-electron chi connectivity index (χ3n) is 3.45. The molecular weight excluding hydrogens is 520 g/mol. The van der Waals surface area contributed by atoms with Gasteiger partial charge in [-0.15, -0.1) is 0 Å². The maximum atomic E-state index is 12.2. The van der Waals surface area contributed by atoms with Gasteiger partial charge in [0.05, 0.1) is 36.1 Å². The maximum absolute atomic E-state index is 12.2. The van der Waals surface area contributed by atoms with Gasteiger partial charge in [0, 0.05) is 0 Å². The number of esters is 2. The standard InChI is InChI=1S/C10H10Br4O5/c1-17-7(15)9(13)5-3(11)4(12)6(19-5)10(9,14)8(16)18-2/h3-6H,1-2H3/t3-,4-,5-,6+,9+,10+/m0/s1. The molecule has 0 saturated carbocycles. The van der Waals surface area contributed by atoms with Gasteiger partial charge in [0.2, 0.25) is 0 Å². The molecule has 0 N–H and O–H groups in total. The average molecular weight is 530 g/mol. The normalized spacial score (nSPS) is 48.1. The molecule has 2 fully saturated rings. The van der Waals surface area contributed by atoms with Crippen molar-refractivity contribution in [3.05, 3.63) is 0 Å². The number of alkyl halides is 4. The molecule has 6 atom stereocenters. The summed E-state index contributed by atoms with van der Waals surface area (Å²) < 4.78 is 12.7. The monoisotopic (exact) mass is 526 g/mol. The Morgan fingerprint density at radius 2 is 1.26 bits per heavy atom. The Labute approximate surface area is 143 Å². The highest BCUT2D eigenvalue weighted by atomic mass is 79.9. The lowest BCUT2D eigenvalue weighted by Crippen LogP contribution is -2.67. The second-order valence-electron chi connectivity index (χ2n) is 4.27. The van der Waals surface area contributed by atoms with Crippen LogP contribution in [0.2, 0.25) is 0 Å². The molecule has 9 heteroatoms. The number of rotatable bonds is 2. The van der Waals surface area contributed by atoms with Crippen LogP contribution in [0.15, 0.2) is 0 Å². The number of hydrogen-bond donors (Lipinski definition) is 0. The topological polar surface area (TPSA) is 61.8 Å². The number of hydrogen-bond acceptors (Lipinski definition) is 5. The molecule has 0 aromatic carbocycles. The highest BCUT2D eigenvalue weighted by Gasteiger charge is 2.80. The minimum absolute atomic E-state index is 0.147. The molecule has 0 spiro atoms. The van der Waals surface area contributed by atoms with Gasteiger partial charge in [-0.3, -0.25) is 9.59 Å². The minimum Gasteiger partial charge on any atom is -0.468 e. The molecule has 2 aliphatic rings. The van der Waals surface area contributed by atoms with Gasteiger partial charge in [-0.05, 0) is 0 Å². The summed E-state index contributed by atoms with van der Waals surface area (Å²) in [6.45, 7) is 0. The predicted molar refractivity (Wildman–Crippen MR) is 81.4 cm³/mol. The van der Waals surface area contributed by atoms with E-state index in [1.165, 1.54) is 14.2 Å². The molecule has 0 amide bonds. The summed E-state index contributed by atoms with van der Waals surface area (Å²) in [5, 5.41) is 0. The second kappa shape index (κ2) is 5.23. The van der Waals surface area contributed by atoms with Crippen molar-refractivity contribution in [2.75, 3.05) is 14.2 Å². The number of carbonyl (C=O) groups excluding carboxylic acids is 2. The molecule has 2 aliphatic heterocycles. The van der Waals surface area contributed by atoms with Gasteiger partial charge < -0.3 is 14.2 Å². The van der Waals surface area contributed by atoms with E-state index in [4.69, 9.17) is 14.2 Å². The smallest absolute Gasteiger partial charge is 0.327 e. The van der Waals surface area contributed by atoms with Crippen LogP contribution in [0.5, 0.6) is 0 Å². The predicted octanol–water partition coefficient (Wildman–Crippen LogP) is 1.91. The second-order valence-corrected chi connectivity index (χ2v) is 8.89. The fourth-order valence-electron chi connectivity index (χ4n) is 2.51. The van der Waals surface area contributed by atoms with Gasteiger partial charge in [0.15, 0.2) is 8.65 Å². The van der Waals surface area contributed by atoms with Crippen molar-refractivity contribution in [2.45, 2.75) is 30.5 Å². The van der Waals surface area contributed by atoms with E-state index in [2.05, 4.69) is 63.7 Å². The van der Waals surface area contributed by atoms with E-state index in [1.54, 1.807) is 0 Å². The summed E-state index contributed by atoms with van der Waals surface area (Å²) in [4.78, 5) is 24.1. The minimum atomic E-state index is -1.36. The highest BCUT2D eigenvalue weighted by Crippen LogP contribution is 2.61.